The Morgan fingerprint density at radius 3 is 2.73 bits per heavy atom. The Bertz CT molecular complexity index is 712. The molecule has 0 saturated carbocycles. The highest BCUT2D eigenvalue weighted by atomic mass is 16.3. The second-order valence-electron chi connectivity index (χ2n) is 6.51. The third-order valence-electron chi connectivity index (χ3n) is 5.17. The highest BCUT2D eigenvalue weighted by Crippen LogP contribution is 2.39. The molecule has 6 heteroatoms. The first kappa shape index (κ1) is 13.7. The Morgan fingerprint density at radius 1 is 1.32 bits per heavy atom. The second-order valence-corrected chi connectivity index (χ2v) is 6.51. The van der Waals surface area contributed by atoms with Crippen molar-refractivity contribution in [3.05, 3.63) is 24.0 Å². The van der Waals surface area contributed by atoms with Crippen molar-refractivity contribution < 1.29 is 9.90 Å². The lowest BCUT2D eigenvalue weighted by molar-refractivity contribution is 0.0453. The normalized spacial score (nSPS) is 27.5. The number of aliphatic hydroxyl groups is 1. The fourth-order valence-corrected chi connectivity index (χ4v) is 4.06. The average Bonchev–Trinajstić information content (AvgIpc) is 3.03. The predicted molar refractivity (Wildman–Crippen MR) is 81.3 cm³/mol. The van der Waals surface area contributed by atoms with Crippen molar-refractivity contribution in [3.8, 4) is 0 Å². The van der Waals surface area contributed by atoms with E-state index in [1.165, 1.54) is 0 Å². The molecular weight excluding hydrogens is 280 g/mol. The summed E-state index contributed by atoms with van der Waals surface area (Å²) in [6, 6.07) is 2.42. The van der Waals surface area contributed by atoms with Crippen LogP contribution in [0.25, 0.3) is 11.0 Å². The third kappa shape index (κ3) is 2.01. The van der Waals surface area contributed by atoms with E-state index < -0.39 is 0 Å². The highest BCUT2D eigenvalue weighted by molar-refractivity contribution is 5.97. The van der Waals surface area contributed by atoms with Crippen LogP contribution in [0.5, 0.6) is 0 Å². The number of pyridine rings is 1. The van der Waals surface area contributed by atoms with Crippen LogP contribution in [0.4, 0.5) is 0 Å². The molecule has 3 atom stereocenters. The van der Waals surface area contributed by atoms with Gasteiger partial charge in [0.25, 0.3) is 5.91 Å². The van der Waals surface area contributed by atoms with E-state index in [0.717, 1.165) is 36.7 Å². The standard InChI is InChI=1S/C16H20N4O2/c1-19-15-6-11(7-17-14(15)8-18-19)16(22)20-12-2-3-13(20)5-10(4-12)9-21/h6-8,10,12-13,21H,2-5,9H2,1H3/t10?,12-,13+. The van der Waals surface area contributed by atoms with Gasteiger partial charge in [-0.3, -0.25) is 14.5 Å². The van der Waals surface area contributed by atoms with Gasteiger partial charge in [-0.25, -0.2) is 0 Å². The van der Waals surface area contributed by atoms with Crippen LogP contribution in [0, 0.1) is 5.92 Å². The van der Waals surface area contributed by atoms with Crippen LogP contribution in [0.2, 0.25) is 0 Å². The summed E-state index contributed by atoms with van der Waals surface area (Å²) >= 11 is 0. The fourth-order valence-electron chi connectivity index (χ4n) is 4.06. The zero-order chi connectivity index (χ0) is 15.3. The van der Waals surface area contributed by atoms with Crippen molar-refractivity contribution in [2.24, 2.45) is 13.0 Å². The summed E-state index contributed by atoms with van der Waals surface area (Å²) in [5, 5.41) is 13.6. The molecule has 1 amide bonds. The van der Waals surface area contributed by atoms with Gasteiger partial charge in [-0.15, -0.1) is 0 Å². The van der Waals surface area contributed by atoms with Crippen LogP contribution in [0.1, 0.15) is 36.0 Å². The van der Waals surface area contributed by atoms with Gasteiger partial charge in [-0.1, -0.05) is 0 Å². The molecule has 2 saturated heterocycles. The molecular formula is C16H20N4O2. The minimum Gasteiger partial charge on any atom is -0.396 e. The van der Waals surface area contributed by atoms with Crippen LogP contribution < -0.4 is 0 Å². The van der Waals surface area contributed by atoms with E-state index in [4.69, 9.17) is 0 Å². The number of aromatic nitrogens is 3. The lowest BCUT2D eigenvalue weighted by Gasteiger charge is -2.38. The maximum atomic E-state index is 12.9. The molecule has 22 heavy (non-hydrogen) atoms. The van der Waals surface area contributed by atoms with Gasteiger partial charge >= 0.3 is 0 Å². The number of fused-ring (bicyclic) bond motifs is 3. The van der Waals surface area contributed by atoms with Crippen molar-refractivity contribution in [1.82, 2.24) is 19.7 Å². The zero-order valence-electron chi connectivity index (χ0n) is 12.6. The smallest absolute Gasteiger partial charge is 0.255 e. The fraction of sp³-hybridized carbons (Fsp3) is 0.562. The first-order chi connectivity index (χ1) is 10.7. The molecule has 1 unspecified atom stereocenters. The van der Waals surface area contributed by atoms with Gasteiger partial charge in [-0.05, 0) is 37.7 Å². The molecule has 2 aromatic heterocycles. The topological polar surface area (TPSA) is 71.2 Å². The summed E-state index contributed by atoms with van der Waals surface area (Å²) < 4.78 is 1.74. The first-order valence-corrected chi connectivity index (χ1v) is 7.88. The number of aliphatic hydroxyl groups excluding tert-OH is 1. The molecule has 4 rings (SSSR count). The molecule has 1 N–H and O–H groups in total. The highest BCUT2D eigenvalue weighted by Gasteiger charge is 2.43. The molecule has 0 aromatic carbocycles. The molecule has 2 bridgehead atoms. The van der Waals surface area contributed by atoms with Gasteiger partial charge in [0.1, 0.15) is 5.52 Å². The molecule has 116 valence electrons. The third-order valence-corrected chi connectivity index (χ3v) is 5.17. The zero-order valence-corrected chi connectivity index (χ0v) is 12.6. The van der Waals surface area contributed by atoms with Crippen LogP contribution in [0.3, 0.4) is 0 Å². The van der Waals surface area contributed by atoms with Crippen LogP contribution >= 0.6 is 0 Å². The van der Waals surface area contributed by atoms with Gasteiger partial charge < -0.3 is 10.0 Å². The van der Waals surface area contributed by atoms with Gasteiger partial charge in [0.05, 0.1) is 17.3 Å². The molecule has 4 heterocycles. The van der Waals surface area contributed by atoms with Crippen LogP contribution in [-0.2, 0) is 7.05 Å². The van der Waals surface area contributed by atoms with Crippen molar-refractivity contribution in [1.29, 1.82) is 0 Å². The second kappa shape index (κ2) is 5.05. The maximum absolute atomic E-state index is 12.9. The van der Waals surface area contributed by atoms with E-state index in [9.17, 15) is 9.90 Å². The number of rotatable bonds is 2. The summed E-state index contributed by atoms with van der Waals surface area (Å²) in [6.07, 6.45) is 7.30. The Labute approximate surface area is 128 Å². The minimum absolute atomic E-state index is 0.0690. The summed E-state index contributed by atoms with van der Waals surface area (Å²) in [5.41, 5.74) is 2.32. The summed E-state index contributed by atoms with van der Waals surface area (Å²) in [6.45, 7) is 0.234. The van der Waals surface area contributed by atoms with Crippen molar-refractivity contribution in [2.45, 2.75) is 37.8 Å². The lowest BCUT2D eigenvalue weighted by Crippen LogP contribution is -2.47. The number of carbonyl (C=O) groups is 1. The van der Waals surface area contributed by atoms with E-state index in [0.29, 0.717) is 11.5 Å². The Morgan fingerprint density at radius 2 is 2.05 bits per heavy atom. The first-order valence-electron chi connectivity index (χ1n) is 7.88. The maximum Gasteiger partial charge on any atom is 0.255 e. The molecule has 2 fully saturated rings. The van der Waals surface area contributed by atoms with E-state index in [1.807, 2.05) is 18.0 Å². The van der Waals surface area contributed by atoms with E-state index >= 15 is 0 Å². The summed E-state index contributed by atoms with van der Waals surface area (Å²) in [5.74, 6) is 0.415. The monoisotopic (exact) mass is 300 g/mol. The van der Waals surface area contributed by atoms with Crippen molar-refractivity contribution in [3.63, 3.8) is 0 Å². The SMILES string of the molecule is Cn1ncc2ncc(C(=O)N3[C@@H]4CC[C@H]3CC(CO)C4)cc21. The molecule has 0 radical (unpaired) electrons. The Kier molecular flexibility index (Phi) is 3.14. The van der Waals surface area contributed by atoms with Crippen molar-refractivity contribution in [2.75, 3.05) is 6.61 Å². The quantitative estimate of drug-likeness (QED) is 0.908. The number of hydrogen-bond acceptors (Lipinski definition) is 4. The van der Waals surface area contributed by atoms with Gasteiger partial charge in [0.2, 0.25) is 0 Å². The van der Waals surface area contributed by atoms with Crippen LogP contribution in [-0.4, -0.2) is 49.4 Å². The Hall–Kier alpha value is -1.95. The molecule has 2 aromatic rings. The van der Waals surface area contributed by atoms with Gasteiger partial charge in [0, 0.05) is 31.9 Å². The van der Waals surface area contributed by atoms with Crippen LogP contribution in [0.15, 0.2) is 18.5 Å². The predicted octanol–water partition coefficient (Wildman–Crippen LogP) is 1.34. The number of hydrogen-bond donors (Lipinski definition) is 1. The number of aryl methyl sites for hydroxylation is 1. The number of piperidine rings is 1. The summed E-state index contributed by atoms with van der Waals surface area (Å²) in [7, 11) is 1.86. The van der Waals surface area contributed by atoms with E-state index in [2.05, 4.69) is 10.1 Å². The van der Waals surface area contributed by atoms with Gasteiger partial charge in [0.15, 0.2) is 0 Å². The molecule has 6 nitrogen and oxygen atoms in total. The number of nitrogens with zero attached hydrogens (tertiary/aromatic N) is 4. The number of amides is 1. The number of carbonyl (C=O) groups excluding carboxylic acids is 1. The summed E-state index contributed by atoms with van der Waals surface area (Å²) in [4.78, 5) is 19.3. The minimum atomic E-state index is 0.0690. The van der Waals surface area contributed by atoms with Gasteiger partial charge in [-0.2, -0.15) is 5.10 Å². The molecule has 2 aliphatic heterocycles. The molecule has 0 spiro atoms. The average molecular weight is 300 g/mol. The largest absolute Gasteiger partial charge is 0.396 e. The lowest BCUT2D eigenvalue weighted by atomic mass is 9.91. The van der Waals surface area contributed by atoms with E-state index in [1.54, 1.807) is 17.1 Å². The Balaban J connectivity index is 1.64. The van der Waals surface area contributed by atoms with Crippen molar-refractivity contribution >= 4 is 16.9 Å². The van der Waals surface area contributed by atoms with E-state index in [-0.39, 0.29) is 24.6 Å². The molecule has 2 aliphatic rings. The molecule has 0 aliphatic carbocycles.